The highest BCUT2D eigenvalue weighted by atomic mass is 32.2. The molecule has 1 aromatic rings. The largest absolute Gasteiger partial charge is 0.393 e. The van der Waals surface area contributed by atoms with Gasteiger partial charge >= 0.3 is 0 Å². The number of rotatable bonds is 7. The average Bonchev–Trinajstić information content (AvgIpc) is 2.99. The summed E-state index contributed by atoms with van der Waals surface area (Å²) in [5, 5.41) is 2.31. The van der Waals surface area contributed by atoms with Crippen molar-refractivity contribution in [3.8, 4) is 0 Å². The van der Waals surface area contributed by atoms with Gasteiger partial charge < -0.3 is 5.73 Å². The molecule has 0 aromatic carbocycles. The molecule has 0 aliphatic carbocycles. The van der Waals surface area contributed by atoms with Crippen LogP contribution < -0.4 is 5.73 Å². The number of thioether (sulfide) groups is 1. The van der Waals surface area contributed by atoms with Crippen molar-refractivity contribution >= 4 is 34.5 Å². The molecular weight excluding hydrogens is 293 g/mol. The summed E-state index contributed by atoms with van der Waals surface area (Å²) in [6.07, 6.45) is 5.47. The summed E-state index contributed by atoms with van der Waals surface area (Å²) >= 11 is 2.85. The summed E-state index contributed by atoms with van der Waals surface area (Å²) in [5.41, 5.74) is 7.14. The lowest BCUT2D eigenvalue weighted by molar-refractivity contribution is -0.113. The minimum absolute atomic E-state index is 0.0728. The van der Waals surface area contributed by atoms with Gasteiger partial charge in [-0.15, -0.1) is 11.3 Å². The molecule has 0 saturated carbocycles. The van der Waals surface area contributed by atoms with Crippen LogP contribution in [-0.2, 0) is 11.5 Å². The van der Waals surface area contributed by atoms with Gasteiger partial charge in [-0.05, 0) is 17.9 Å². The molecule has 1 unspecified atom stereocenters. The lowest BCUT2D eigenvalue weighted by Gasteiger charge is -2.07. The SMILES string of the molecule is CCCCCCC1SC(N)=C(c2sccc2CF)C1=O. The third-order valence-electron chi connectivity index (χ3n) is 3.49. The van der Waals surface area contributed by atoms with Crippen LogP contribution in [0.15, 0.2) is 16.5 Å². The highest BCUT2D eigenvalue weighted by Crippen LogP contribution is 2.42. The van der Waals surface area contributed by atoms with Crippen molar-refractivity contribution in [2.45, 2.75) is 51.0 Å². The van der Waals surface area contributed by atoms with Crippen LogP contribution in [0.3, 0.4) is 0 Å². The van der Waals surface area contributed by atoms with Gasteiger partial charge in [0.25, 0.3) is 0 Å². The molecule has 0 saturated heterocycles. The fraction of sp³-hybridized carbons (Fsp3) is 0.533. The zero-order valence-corrected chi connectivity index (χ0v) is 13.3. The first-order chi connectivity index (χ1) is 9.69. The smallest absolute Gasteiger partial charge is 0.180 e. The van der Waals surface area contributed by atoms with Gasteiger partial charge in [-0.3, -0.25) is 4.79 Å². The van der Waals surface area contributed by atoms with Gasteiger partial charge in [0.05, 0.1) is 15.9 Å². The standard InChI is InChI=1S/C15H20FNOS2/c1-2-3-4-5-6-11-13(18)12(15(17)20-11)14-10(9-16)7-8-19-14/h7-8,11H,2-6,9,17H2,1H3. The molecule has 2 heterocycles. The van der Waals surface area contributed by atoms with Crippen LogP contribution in [0.5, 0.6) is 0 Å². The van der Waals surface area contributed by atoms with Crippen molar-refractivity contribution in [2.24, 2.45) is 5.73 Å². The third kappa shape index (κ3) is 3.26. The third-order valence-corrected chi connectivity index (χ3v) is 5.66. The van der Waals surface area contributed by atoms with E-state index in [2.05, 4.69) is 6.92 Å². The maximum Gasteiger partial charge on any atom is 0.180 e. The van der Waals surface area contributed by atoms with E-state index in [1.807, 2.05) is 5.38 Å². The summed E-state index contributed by atoms with van der Waals surface area (Å²) < 4.78 is 12.9. The molecule has 1 aromatic heterocycles. The highest BCUT2D eigenvalue weighted by Gasteiger charge is 2.34. The van der Waals surface area contributed by atoms with Crippen LogP contribution in [-0.4, -0.2) is 11.0 Å². The Morgan fingerprint density at radius 2 is 2.15 bits per heavy atom. The molecule has 2 N–H and O–H groups in total. The summed E-state index contributed by atoms with van der Waals surface area (Å²) in [6.45, 7) is 1.62. The van der Waals surface area contributed by atoms with E-state index in [0.717, 1.165) is 24.1 Å². The topological polar surface area (TPSA) is 43.1 Å². The Kier molecular flexibility index (Phi) is 5.66. The maximum absolute atomic E-state index is 12.9. The summed E-state index contributed by atoms with van der Waals surface area (Å²) in [6, 6.07) is 1.73. The minimum Gasteiger partial charge on any atom is -0.393 e. The van der Waals surface area contributed by atoms with E-state index < -0.39 is 6.67 Å². The number of thiophene rings is 1. The monoisotopic (exact) mass is 313 g/mol. The maximum atomic E-state index is 12.9. The van der Waals surface area contributed by atoms with Crippen molar-refractivity contribution in [2.75, 3.05) is 0 Å². The van der Waals surface area contributed by atoms with Crippen LogP contribution in [0.2, 0.25) is 0 Å². The van der Waals surface area contributed by atoms with E-state index in [4.69, 9.17) is 5.73 Å². The lowest BCUT2D eigenvalue weighted by atomic mass is 10.0. The van der Waals surface area contributed by atoms with E-state index in [-0.39, 0.29) is 11.0 Å². The number of allylic oxidation sites excluding steroid dienone is 1. The lowest BCUT2D eigenvalue weighted by Crippen LogP contribution is -2.13. The number of nitrogens with two attached hydrogens (primary N) is 1. The number of hydrogen-bond acceptors (Lipinski definition) is 4. The number of Topliss-reactive ketones (excluding diaryl/α,β-unsaturated/α-hetero) is 1. The first-order valence-electron chi connectivity index (χ1n) is 7.02. The second kappa shape index (κ2) is 7.27. The summed E-state index contributed by atoms with van der Waals surface area (Å²) in [4.78, 5) is 13.2. The molecule has 20 heavy (non-hydrogen) atoms. The van der Waals surface area contributed by atoms with Crippen molar-refractivity contribution < 1.29 is 9.18 Å². The zero-order chi connectivity index (χ0) is 14.5. The van der Waals surface area contributed by atoms with Crippen LogP contribution >= 0.6 is 23.1 Å². The Hall–Kier alpha value is -0.810. The summed E-state index contributed by atoms with van der Waals surface area (Å²) in [7, 11) is 0. The Balaban J connectivity index is 2.04. The Labute approximate surface area is 127 Å². The van der Waals surface area contributed by atoms with Crippen LogP contribution in [0, 0.1) is 0 Å². The molecule has 1 aliphatic rings. The van der Waals surface area contributed by atoms with E-state index in [9.17, 15) is 9.18 Å². The normalized spacial score (nSPS) is 19.1. The molecule has 0 bridgehead atoms. The molecule has 5 heteroatoms. The molecule has 0 fully saturated rings. The van der Waals surface area contributed by atoms with Crippen molar-refractivity contribution in [1.82, 2.24) is 0 Å². The molecule has 1 atom stereocenters. The van der Waals surface area contributed by atoms with Gasteiger partial charge in [0, 0.05) is 10.4 Å². The highest BCUT2D eigenvalue weighted by molar-refractivity contribution is 8.05. The molecule has 0 amide bonds. The predicted molar refractivity (Wildman–Crippen MR) is 85.4 cm³/mol. The van der Waals surface area contributed by atoms with E-state index in [1.54, 1.807) is 6.07 Å². The van der Waals surface area contributed by atoms with Crippen LogP contribution in [0.4, 0.5) is 4.39 Å². The Morgan fingerprint density at radius 1 is 1.35 bits per heavy atom. The van der Waals surface area contributed by atoms with Crippen molar-refractivity contribution in [1.29, 1.82) is 0 Å². The molecule has 2 nitrogen and oxygen atoms in total. The molecule has 0 spiro atoms. The average molecular weight is 313 g/mol. The van der Waals surface area contributed by atoms with Gasteiger partial charge in [-0.1, -0.05) is 44.4 Å². The Morgan fingerprint density at radius 3 is 2.85 bits per heavy atom. The van der Waals surface area contributed by atoms with Gasteiger partial charge in [-0.2, -0.15) is 0 Å². The quantitative estimate of drug-likeness (QED) is 0.754. The van der Waals surface area contributed by atoms with Crippen molar-refractivity contribution in [3.63, 3.8) is 0 Å². The molecule has 110 valence electrons. The second-order valence-corrected chi connectivity index (χ2v) is 7.13. The van der Waals surface area contributed by atoms with E-state index >= 15 is 0 Å². The number of carbonyl (C=O) groups excluding carboxylic acids is 1. The molecule has 1 aliphatic heterocycles. The fourth-order valence-electron chi connectivity index (χ4n) is 2.38. The fourth-order valence-corrected chi connectivity index (χ4v) is 4.55. The number of alkyl halides is 1. The van der Waals surface area contributed by atoms with Gasteiger partial charge in [0.1, 0.15) is 6.67 Å². The number of carbonyl (C=O) groups is 1. The number of hydrogen-bond donors (Lipinski definition) is 1. The second-order valence-electron chi connectivity index (χ2n) is 4.97. The van der Waals surface area contributed by atoms with Gasteiger partial charge in [0.15, 0.2) is 5.78 Å². The van der Waals surface area contributed by atoms with Gasteiger partial charge in [0.2, 0.25) is 0 Å². The number of unbranched alkanes of at least 4 members (excludes halogenated alkanes) is 3. The zero-order valence-electron chi connectivity index (χ0n) is 11.7. The first kappa shape index (κ1) is 15.6. The Bertz CT molecular complexity index is 510. The molecule has 2 rings (SSSR count). The minimum atomic E-state index is -0.547. The molecule has 0 radical (unpaired) electrons. The first-order valence-corrected chi connectivity index (χ1v) is 8.78. The predicted octanol–water partition coefficient (Wildman–Crippen LogP) is 4.50. The van der Waals surface area contributed by atoms with Gasteiger partial charge in [-0.25, -0.2) is 4.39 Å². The van der Waals surface area contributed by atoms with Crippen LogP contribution in [0.25, 0.3) is 5.57 Å². The van der Waals surface area contributed by atoms with Crippen molar-refractivity contribution in [3.05, 3.63) is 26.9 Å². The summed E-state index contributed by atoms with van der Waals surface area (Å²) in [5.74, 6) is 0.0844. The van der Waals surface area contributed by atoms with Crippen LogP contribution in [0.1, 0.15) is 49.5 Å². The molecular formula is C15H20FNOS2. The van der Waals surface area contributed by atoms with E-state index in [0.29, 0.717) is 16.2 Å². The number of ketones is 1. The number of halogens is 1. The van der Waals surface area contributed by atoms with E-state index in [1.165, 1.54) is 35.9 Å².